The van der Waals surface area contributed by atoms with Crippen LogP contribution >= 0.6 is 15.9 Å². The predicted molar refractivity (Wildman–Crippen MR) is 77.4 cm³/mol. The molecule has 1 unspecified atom stereocenters. The predicted octanol–water partition coefficient (Wildman–Crippen LogP) is 1.33. The molecular formula is C13H20BrN3O2. The first-order valence-corrected chi connectivity index (χ1v) is 7.33. The summed E-state index contributed by atoms with van der Waals surface area (Å²) in [5, 5.41) is 2.94. The molecule has 0 saturated carbocycles. The van der Waals surface area contributed by atoms with Crippen LogP contribution in [0.15, 0.2) is 16.7 Å². The van der Waals surface area contributed by atoms with Gasteiger partial charge < -0.3 is 19.5 Å². The molecule has 5 nitrogen and oxygen atoms in total. The SMILES string of the molecule is CCn1cc(Br)cc1C(=O)NCC1CN(C)CCO1. The van der Waals surface area contributed by atoms with E-state index in [1.54, 1.807) is 0 Å². The van der Waals surface area contributed by atoms with Gasteiger partial charge in [0.05, 0.1) is 12.7 Å². The van der Waals surface area contributed by atoms with Crippen molar-refractivity contribution in [3.05, 3.63) is 22.4 Å². The average Bonchev–Trinajstić information content (AvgIpc) is 2.77. The fourth-order valence-corrected chi connectivity index (χ4v) is 2.68. The van der Waals surface area contributed by atoms with E-state index in [1.165, 1.54) is 0 Å². The fourth-order valence-electron chi connectivity index (χ4n) is 2.21. The van der Waals surface area contributed by atoms with Crippen LogP contribution in [0.3, 0.4) is 0 Å². The van der Waals surface area contributed by atoms with Crippen molar-refractivity contribution < 1.29 is 9.53 Å². The average molecular weight is 330 g/mol. The lowest BCUT2D eigenvalue weighted by Gasteiger charge is -2.30. The Hall–Kier alpha value is -0.850. The molecule has 6 heteroatoms. The van der Waals surface area contributed by atoms with E-state index in [4.69, 9.17) is 4.74 Å². The zero-order valence-corrected chi connectivity index (χ0v) is 12.9. The van der Waals surface area contributed by atoms with E-state index in [-0.39, 0.29) is 12.0 Å². The molecule has 0 radical (unpaired) electrons. The minimum atomic E-state index is -0.0515. The lowest BCUT2D eigenvalue weighted by Crippen LogP contribution is -2.46. The number of carbonyl (C=O) groups excluding carboxylic acids is 1. The first-order chi connectivity index (χ1) is 9.10. The van der Waals surface area contributed by atoms with Crippen LogP contribution in [0.1, 0.15) is 17.4 Å². The number of nitrogens with zero attached hydrogens (tertiary/aromatic N) is 2. The van der Waals surface area contributed by atoms with Crippen LogP contribution < -0.4 is 5.32 Å². The van der Waals surface area contributed by atoms with E-state index in [0.29, 0.717) is 12.2 Å². The third kappa shape index (κ3) is 3.81. The van der Waals surface area contributed by atoms with Gasteiger partial charge in [0.15, 0.2) is 0 Å². The zero-order valence-electron chi connectivity index (χ0n) is 11.4. The summed E-state index contributed by atoms with van der Waals surface area (Å²) in [6, 6.07) is 1.84. The number of hydrogen-bond acceptors (Lipinski definition) is 3. The van der Waals surface area contributed by atoms with Gasteiger partial charge in [-0.2, -0.15) is 0 Å². The van der Waals surface area contributed by atoms with Gasteiger partial charge in [0, 0.05) is 36.8 Å². The molecule has 106 valence electrons. The Morgan fingerprint density at radius 3 is 3.11 bits per heavy atom. The van der Waals surface area contributed by atoms with Gasteiger partial charge in [-0.25, -0.2) is 0 Å². The Morgan fingerprint density at radius 2 is 2.42 bits per heavy atom. The highest BCUT2D eigenvalue weighted by Crippen LogP contribution is 2.15. The van der Waals surface area contributed by atoms with Gasteiger partial charge in [-0.05, 0) is 36.0 Å². The van der Waals surface area contributed by atoms with Crippen molar-refractivity contribution in [1.29, 1.82) is 0 Å². The number of aryl methyl sites for hydroxylation is 1. The van der Waals surface area contributed by atoms with Gasteiger partial charge in [0.25, 0.3) is 5.91 Å². The molecule has 0 aliphatic carbocycles. The van der Waals surface area contributed by atoms with Crippen LogP contribution in [-0.4, -0.2) is 54.8 Å². The van der Waals surface area contributed by atoms with Gasteiger partial charge in [0.2, 0.25) is 0 Å². The van der Waals surface area contributed by atoms with Crippen LogP contribution in [0, 0.1) is 0 Å². The number of aromatic nitrogens is 1. The molecule has 1 aliphatic rings. The summed E-state index contributed by atoms with van der Waals surface area (Å²) >= 11 is 3.40. The van der Waals surface area contributed by atoms with Gasteiger partial charge in [-0.1, -0.05) is 0 Å². The van der Waals surface area contributed by atoms with E-state index < -0.39 is 0 Å². The van der Waals surface area contributed by atoms with Gasteiger partial charge in [0.1, 0.15) is 5.69 Å². The standard InChI is InChI=1S/C13H20BrN3O2/c1-3-17-8-10(14)6-12(17)13(18)15-7-11-9-16(2)4-5-19-11/h6,8,11H,3-5,7,9H2,1-2H3,(H,15,18). The molecule has 1 fully saturated rings. The molecule has 0 bridgehead atoms. The molecule has 0 aromatic carbocycles. The molecule has 1 aromatic rings. The Kier molecular flexibility index (Phi) is 5.01. The minimum Gasteiger partial charge on any atom is -0.374 e. The first-order valence-electron chi connectivity index (χ1n) is 6.54. The Morgan fingerprint density at radius 1 is 1.63 bits per heavy atom. The number of amides is 1. The highest BCUT2D eigenvalue weighted by atomic mass is 79.9. The number of morpholine rings is 1. The van der Waals surface area contributed by atoms with Crippen LogP contribution in [0.5, 0.6) is 0 Å². The van der Waals surface area contributed by atoms with Crippen LogP contribution in [-0.2, 0) is 11.3 Å². The first kappa shape index (κ1) is 14.6. The zero-order chi connectivity index (χ0) is 13.8. The van der Waals surface area contributed by atoms with Crippen molar-refractivity contribution in [1.82, 2.24) is 14.8 Å². The molecule has 19 heavy (non-hydrogen) atoms. The number of hydrogen-bond donors (Lipinski definition) is 1. The van der Waals surface area contributed by atoms with E-state index in [9.17, 15) is 4.79 Å². The van der Waals surface area contributed by atoms with Gasteiger partial charge in [-0.3, -0.25) is 4.79 Å². The Labute approximate surface area is 122 Å². The molecule has 1 saturated heterocycles. The number of ether oxygens (including phenoxy) is 1. The third-order valence-electron chi connectivity index (χ3n) is 3.27. The van der Waals surface area contributed by atoms with Gasteiger partial charge >= 0.3 is 0 Å². The number of nitrogens with one attached hydrogen (secondary N) is 1. The Balaban J connectivity index is 1.90. The molecule has 0 spiro atoms. The second-order valence-electron chi connectivity index (χ2n) is 4.79. The second-order valence-corrected chi connectivity index (χ2v) is 5.71. The largest absolute Gasteiger partial charge is 0.374 e. The van der Waals surface area contributed by atoms with Crippen LogP contribution in [0.25, 0.3) is 0 Å². The number of carbonyl (C=O) groups is 1. The lowest BCUT2D eigenvalue weighted by atomic mass is 10.2. The molecule has 2 rings (SSSR count). The van der Waals surface area contributed by atoms with Crippen molar-refractivity contribution in [2.45, 2.75) is 19.6 Å². The molecule has 1 atom stereocenters. The molecule has 1 N–H and O–H groups in total. The quantitative estimate of drug-likeness (QED) is 0.906. The van der Waals surface area contributed by atoms with Crippen molar-refractivity contribution in [3.63, 3.8) is 0 Å². The number of likely N-dealkylation sites (N-methyl/N-ethyl adjacent to an activating group) is 1. The molecular weight excluding hydrogens is 310 g/mol. The molecule has 1 aromatic heterocycles. The normalized spacial score (nSPS) is 20.5. The molecule has 1 aliphatic heterocycles. The summed E-state index contributed by atoms with van der Waals surface area (Å²) in [7, 11) is 2.07. The molecule has 1 amide bonds. The lowest BCUT2D eigenvalue weighted by molar-refractivity contribution is -0.0175. The maximum absolute atomic E-state index is 12.1. The summed E-state index contributed by atoms with van der Waals surface area (Å²) in [6.45, 7) is 5.89. The topological polar surface area (TPSA) is 46.5 Å². The molecule has 2 heterocycles. The number of rotatable bonds is 4. The van der Waals surface area contributed by atoms with Crippen molar-refractivity contribution in [2.24, 2.45) is 0 Å². The maximum Gasteiger partial charge on any atom is 0.268 e. The van der Waals surface area contributed by atoms with Gasteiger partial charge in [-0.15, -0.1) is 0 Å². The third-order valence-corrected chi connectivity index (χ3v) is 3.70. The van der Waals surface area contributed by atoms with Crippen LogP contribution in [0.2, 0.25) is 0 Å². The smallest absolute Gasteiger partial charge is 0.268 e. The second kappa shape index (κ2) is 6.54. The summed E-state index contributed by atoms with van der Waals surface area (Å²) < 4.78 is 8.47. The number of halogens is 1. The highest BCUT2D eigenvalue weighted by Gasteiger charge is 2.19. The van der Waals surface area contributed by atoms with Crippen LogP contribution in [0.4, 0.5) is 0 Å². The van der Waals surface area contributed by atoms with Crippen molar-refractivity contribution in [3.8, 4) is 0 Å². The summed E-state index contributed by atoms with van der Waals surface area (Å²) in [5.74, 6) is -0.0515. The van der Waals surface area contributed by atoms with Crippen molar-refractivity contribution >= 4 is 21.8 Å². The van der Waals surface area contributed by atoms with E-state index >= 15 is 0 Å². The van der Waals surface area contributed by atoms with E-state index in [2.05, 4.69) is 33.2 Å². The van der Waals surface area contributed by atoms with Crippen molar-refractivity contribution in [2.75, 3.05) is 33.3 Å². The minimum absolute atomic E-state index is 0.0515. The Bertz CT molecular complexity index is 447. The van der Waals surface area contributed by atoms with E-state index in [0.717, 1.165) is 30.7 Å². The summed E-state index contributed by atoms with van der Waals surface area (Å²) in [5.41, 5.74) is 0.679. The van der Waals surface area contributed by atoms with E-state index in [1.807, 2.05) is 23.8 Å². The monoisotopic (exact) mass is 329 g/mol. The summed E-state index contributed by atoms with van der Waals surface area (Å²) in [4.78, 5) is 14.4. The highest BCUT2D eigenvalue weighted by molar-refractivity contribution is 9.10. The fraction of sp³-hybridized carbons (Fsp3) is 0.615. The maximum atomic E-state index is 12.1. The summed E-state index contributed by atoms with van der Waals surface area (Å²) in [6.07, 6.45) is 2.00.